The first-order chi connectivity index (χ1) is 19.1. The number of benzene rings is 2. The van der Waals surface area contributed by atoms with Crippen molar-refractivity contribution in [2.24, 2.45) is 11.0 Å². The summed E-state index contributed by atoms with van der Waals surface area (Å²) < 4.78 is 40.3. The van der Waals surface area contributed by atoms with Crippen molar-refractivity contribution in [1.82, 2.24) is 9.34 Å². The summed E-state index contributed by atoms with van der Waals surface area (Å²) in [7, 11) is -7.23. The fourth-order valence-electron chi connectivity index (χ4n) is 4.21. The molecule has 224 valence electrons. The van der Waals surface area contributed by atoms with E-state index in [0.29, 0.717) is 37.7 Å². The van der Waals surface area contributed by atoms with Crippen molar-refractivity contribution >= 4 is 72.9 Å². The van der Waals surface area contributed by atoms with E-state index in [-0.39, 0.29) is 23.5 Å². The average Bonchev–Trinajstić information content (AvgIpc) is 2.92. The Morgan fingerprint density at radius 2 is 0.900 bits per heavy atom. The molecule has 0 aliphatic carbocycles. The largest absolute Gasteiger partial charge is 0.422 e. The van der Waals surface area contributed by atoms with E-state index in [1.807, 2.05) is 24.3 Å². The molecule has 0 saturated heterocycles. The third kappa shape index (κ3) is 10.2. The topological polar surface area (TPSA) is 111 Å². The average molecular weight is 674 g/mol. The lowest BCUT2D eigenvalue weighted by atomic mass is 9.91. The molecule has 4 N–H and O–H groups in total. The SMILES string of the molecule is CC/C(=C(/CC)c1ccc(OP(N)(=O)N(CCCl)CCCl)cc1)c1ccc(OP(N)(=O)N(CCCl)CCCl)cc1. The quantitative estimate of drug-likeness (QED) is 0.0935. The normalized spacial score (nSPS) is 15.4. The highest BCUT2D eigenvalue weighted by molar-refractivity contribution is 7.54. The molecule has 2 atom stereocenters. The first-order valence-electron chi connectivity index (χ1n) is 12.9. The summed E-state index contributed by atoms with van der Waals surface area (Å²) in [6.07, 6.45) is 1.56. The fraction of sp³-hybridized carbons (Fsp3) is 0.462. The third-order valence-electron chi connectivity index (χ3n) is 6.11. The van der Waals surface area contributed by atoms with Crippen molar-refractivity contribution in [1.29, 1.82) is 0 Å². The van der Waals surface area contributed by atoms with Crippen LogP contribution in [0.25, 0.3) is 11.1 Å². The molecule has 0 aliphatic rings. The summed E-state index contributed by atoms with van der Waals surface area (Å²) in [5.41, 5.74) is 16.3. The van der Waals surface area contributed by atoms with Gasteiger partial charge in [-0.15, -0.1) is 46.4 Å². The lowest BCUT2D eigenvalue weighted by Crippen LogP contribution is -2.30. The van der Waals surface area contributed by atoms with Gasteiger partial charge in [0.25, 0.3) is 0 Å². The van der Waals surface area contributed by atoms with Crippen molar-refractivity contribution in [2.75, 3.05) is 49.7 Å². The van der Waals surface area contributed by atoms with Crippen LogP contribution in [0.15, 0.2) is 48.5 Å². The number of nitrogens with zero attached hydrogens (tertiary/aromatic N) is 2. The second kappa shape index (κ2) is 17.4. The van der Waals surface area contributed by atoms with Crippen LogP contribution in [0, 0.1) is 0 Å². The minimum absolute atomic E-state index is 0.254. The predicted octanol–water partition coefficient (Wildman–Crippen LogP) is 7.87. The molecule has 0 aliphatic heterocycles. The maximum Gasteiger partial charge on any atom is 0.390 e. The van der Waals surface area contributed by atoms with E-state index in [1.165, 1.54) is 9.34 Å². The first kappa shape index (κ1) is 35.4. The van der Waals surface area contributed by atoms with Gasteiger partial charge in [-0.3, -0.25) is 0 Å². The predicted molar refractivity (Wildman–Crippen MR) is 171 cm³/mol. The van der Waals surface area contributed by atoms with E-state index in [0.717, 1.165) is 35.1 Å². The molecule has 0 bridgehead atoms. The highest BCUT2D eigenvalue weighted by atomic mass is 35.5. The van der Waals surface area contributed by atoms with Gasteiger partial charge in [0, 0.05) is 49.7 Å². The second-order valence-corrected chi connectivity index (χ2v) is 14.0. The summed E-state index contributed by atoms with van der Waals surface area (Å²) in [5.74, 6) is 1.80. The van der Waals surface area contributed by atoms with Crippen LogP contribution in [-0.4, -0.2) is 59.0 Å². The Bertz CT molecular complexity index is 1080. The number of hydrogen-bond donors (Lipinski definition) is 2. The van der Waals surface area contributed by atoms with Crippen LogP contribution in [0.5, 0.6) is 11.5 Å². The number of halogens is 4. The lowest BCUT2D eigenvalue weighted by molar-refractivity contribution is 0.372. The summed E-state index contributed by atoms with van der Waals surface area (Å²) in [4.78, 5) is 0. The zero-order chi connectivity index (χ0) is 29.8. The summed E-state index contributed by atoms with van der Waals surface area (Å²) in [6, 6.07) is 14.7. The minimum atomic E-state index is -3.61. The van der Waals surface area contributed by atoms with Gasteiger partial charge in [0.15, 0.2) is 0 Å². The number of nitrogens with two attached hydrogens (primary N) is 2. The number of alkyl halides is 4. The van der Waals surface area contributed by atoms with Gasteiger partial charge in [0.1, 0.15) is 11.5 Å². The standard InChI is InChI=1S/C26H38Cl4N4O4P2/c1-3-25(21-5-9-23(10-6-21)37-39(31,35)33(17-13-27)18-14-28)26(4-2)22-7-11-24(12-8-22)38-40(32,36)34(19-15-29)20-16-30/h5-12H,3-4,13-20H2,1-2H3,(H2,31,35)(H2,32,36)/b26-25+. The second-order valence-electron chi connectivity index (χ2n) is 8.69. The van der Waals surface area contributed by atoms with Crippen LogP contribution in [0.1, 0.15) is 37.8 Å². The molecule has 8 nitrogen and oxygen atoms in total. The summed E-state index contributed by atoms with van der Waals surface area (Å²) in [5, 5.41) is 0. The molecular weight excluding hydrogens is 636 g/mol. The molecule has 0 spiro atoms. The van der Waals surface area contributed by atoms with Crippen LogP contribution in [0.3, 0.4) is 0 Å². The van der Waals surface area contributed by atoms with Crippen LogP contribution >= 0.6 is 61.7 Å². The Morgan fingerprint density at radius 1 is 0.625 bits per heavy atom. The van der Waals surface area contributed by atoms with E-state index >= 15 is 0 Å². The van der Waals surface area contributed by atoms with Crippen LogP contribution < -0.4 is 20.1 Å². The summed E-state index contributed by atoms with van der Waals surface area (Å²) >= 11 is 23.3. The van der Waals surface area contributed by atoms with Gasteiger partial charge in [-0.1, -0.05) is 38.1 Å². The smallest absolute Gasteiger partial charge is 0.390 e. The molecule has 0 radical (unpaired) electrons. The maximum absolute atomic E-state index is 13.0. The molecule has 2 aromatic carbocycles. The van der Waals surface area contributed by atoms with Crippen molar-refractivity contribution in [2.45, 2.75) is 26.7 Å². The van der Waals surface area contributed by atoms with Gasteiger partial charge in [0.2, 0.25) is 0 Å². The fourth-order valence-corrected chi connectivity index (χ4v) is 8.09. The number of allylic oxidation sites excluding steroid dienone is 2. The zero-order valence-electron chi connectivity index (χ0n) is 22.8. The molecule has 0 amide bonds. The zero-order valence-corrected chi connectivity index (χ0v) is 27.6. The van der Waals surface area contributed by atoms with Crippen LogP contribution in [-0.2, 0) is 9.13 Å². The molecule has 0 saturated carbocycles. The molecule has 0 fully saturated rings. The first-order valence-corrected chi connectivity index (χ1v) is 18.3. The van der Waals surface area contributed by atoms with Gasteiger partial charge < -0.3 is 9.05 Å². The number of rotatable bonds is 18. The Kier molecular flexibility index (Phi) is 15.4. The van der Waals surface area contributed by atoms with Crippen molar-refractivity contribution < 1.29 is 18.2 Å². The Labute approximate surface area is 258 Å². The van der Waals surface area contributed by atoms with Gasteiger partial charge in [0.05, 0.1) is 0 Å². The Balaban J connectivity index is 2.28. The van der Waals surface area contributed by atoms with Gasteiger partial charge in [-0.25, -0.2) is 29.5 Å². The van der Waals surface area contributed by atoms with Crippen LogP contribution in [0.4, 0.5) is 0 Å². The summed E-state index contributed by atoms with van der Waals surface area (Å²) in [6.45, 7) is 5.38. The van der Waals surface area contributed by atoms with E-state index in [9.17, 15) is 9.13 Å². The molecule has 0 heterocycles. The molecule has 2 rings (SSSR count). The molecule has 2 unspecified atom stereocenters. The monoisotopic (exact) mass is 672 g/mol. The van der Waals surface area contributed by atoms with Crippen molar-refractivity contribution in [3.63, 3.8) is 0 Å². The molecule has 14 heteroatoms. The van der Waals surface area contributed by atoms with Crippen molar-refractivity contribution in [3.8, 4) is 11.5 Å². The van der Waals surface area contributed by atoms with E-state index < -0.39 is 15.3 Å². The lowest BCUT2D eigenvalue weighted by Gasteiger charge is -2.27. The molecule has 0 aromatic heterocycles. The molecular formula is C26H38Cl4N4O4P2. The van der Waals surface area contributed by atoms with Gasteiger partial charge >= 0.3 is 15.3 Å². The highest BCUT2D eigenvalue weighted by Crippen LogP contribution is 2.45. The van der Waals surface area contributed by atoms with Gasteiger partial charge in [-0.05, 0) is 59.4 Å². The molecule has 40 heavy (non-hydrogen) atoms. The maximum atomic E-state index is 13.0. The van der Waals surface area contributed by atoms with E-state index in [4.69, 9.17) is 66.5 Å². The highest BCUT2D eigenvalue weighted by Gasteiger charge is 2.29. The number of hydrogen-bond acceptors (Lipinski definition) is 4. The third-order valence-corrected chi connectivity index (χ3v) is 10.1. The Morgan fingerprint density at radius 3 is 1.12 bits per heavy atom. The minimum Gasteiger partial charge on any atom is -0.422 e. The molecule has 2 aromatic rings. The van der Waals surface area contributed by atoms with E-state index in [2.05, 4.69) is 13.8 Å². The van der Waals surface area contributed by atoms with Crippen LogP contribution in [0.2, 0.25) is 0 Å². The van der Waals surface area contributed by atoms with E-state index in [1.54, 1.807) is 24.3 Å². The van der Waals surface area contributed by atoms with Crippen molar-refractivity contribution in [3.05, 3.63) is 59.7 Å². The Hall–Kier alpha value is -0.760. The van der Waals surface area contributed by atoms with Gasteiger partial charge in [-0.2, -0.15) is 0 Å².